The molecule has 0 saturated heterocycles. The molecule has 10 nitrogen and oxygen atoms in total. The molecule has 0 spiro atoms. The van der Waals surface area contributed by atoms with Gasteiger partial charge in [-0.2, -0.15) is 0 Å². The minimum Gasteiger partial charge on any atom is -0.400 e. The molecule has 1 amide bonds. The average Bonchev–Trinajstić information content (AvgIpc) is 2.84. The van der Waals surface area contributed by atoms with E-state index in [4.69, 9.17) is 16.2 Å². The second-order valence-electron chi connectivity index (χ2n) is 7.37. The van der Waals surface area contributed by atoms with Crippen molar-refractivity contribution >= 4 is 29.7 Å². The van der Waals surface area contributed by atoms with Crippen molar-refractivity contribution in [1.82, 2.24) is 15.0 Å². The standard InChI is InChI=1S/C15H16N8O.C6H12.CH4O/c1-8-3-10(13(17)21-7-16)18-4-9(8)11-5-19-14-15(22-11)23(2)12(24)6-20-14;1-2-4-6-5-3-1;1-2/h3-5,7H,6H2,1-2H3,(H,19,20)(H3,16,17,21);1-6H2;2H,1H3. The van der Waals surface area contributed by atoms with Crippen molar-refractivity contribution in [3.8, 4) is 11.3 Å². The number of anilines is 2. The lowest BCUT2D eigenvalue weighted by Gasteiger charge is -2.25. The van der Waals surface area contributed by atoms with Crippen molar-refractivity contribution in [2.24, 2.45) is 10.7 Å². The smallest absolute Gasteiger partial charge is 0.247 e. The number of aromatic nitrogens is 3. The van der Waals surface area contributed by atoms with Gasteiger partial charge in [0.15, 0.2) is 17.5 Å². The molecular formula is C22H32N8O2. The minimum atomic E-state index is -0.0766. The van der Waals surface area contributed by atoms with Crippen LogP contribution in [0.25, 0.3) is 11.3 Å². The van der Waals surface area contributed by atoms with Crippen molar-refractivity contribution in [1.29, 1.82) is 5.41 Å². The number of pyridine rings is 1. The number of amides is 1. The molecule has 3 heterocycles. The van der Waals surface area contributed by atoms with Gasteiger partial charge in [0.2, 0.25) is 5.91 Å². The fourth-order valence-corrected chi connectivity index (χ4v) is 3.42. The number of hydrogen-bond donors (Lipinski definition) is 4. The van der Waals surface area contributed by atoms with E-state index in [9.17, 15) is 4.79 Å². The van der Waals surface area contributed by atoms with Crippen LogP contribution in [0.2, 0.25) is 0 Å². The van der Waals surface area contributed by atoms with E-state index in [0.717, 1.165) is 24.6 Å². The monoisotopic (exact) mass is 440 g/mol. The van der Waals surface area contributed by atoms with Crippen LogP contribution in [-0.4, -0.2) is 58.8 Å². The summed E-state index contributed by atoms with van der Waals surface area (Å²) >= 11 is 0. The van der Waals surface area contributed by atoms with Gasteiger partial charge in [-0.25, -0.2) is 15.0 Å². The molecule has 0 unspecified atom stereocenters. The van der Waals surface area contributed by atoms with Gasteiger partial charge in [-0.1, -0.05) is 38.5 Å². The van der Waals surface area contributed by atoms with Crippen molar-refractivity contribution < 1.29 is 9.90 Å². The minimum absolute atomic E-state index is 0.0156. The Kier molecular flexibility index (Phi) is 9.68. The molecule has 0 radical (unpaired) electrons. The number of hydrogen-bond acceptors (Lipinski definition) is 7. The molecule has 0 aromatic carbocycles. The largest absolute Gasteiger partial charge is 0.400 e. The molecule has 5 N–H and O–H groups in total. The first-order valence-electron chi connectivity index (χ1n) is 10.6. The summed E-state index contributed by atoms with van der Waals surface area (Å²) in [6.45, 7) is 2.09. The Morgan fingerprint density at radius 1 is 1.19 bits per heavy atom. The lowest BCUT2D eigenvalue weighted by Crippen LogP contribution is -2.38. The van der Waals surface area contributed by atoms with E-state index in [2.05, 4.69) is 25.3 Å². The molecule has 32 heavy (non-hydrogen) atoms. The molecule has 2 aromatic rings. The van der Waals surface area contributed by atoms with Crippen molar-refractivity contribution in [3.05, 3.63) is 29.7 Å². The first-order chi connectivity index (χ1) is 15.5. The molecule has 10 heteroatoms. The Labute approximate surface area is 188 Å². The van der Waals surface area contributed by atoms with Crippen LogP contribution in [0.5, 0.6) is 0 Å². The maximum absolute atomic E-state index is 11.8. The second-order valence-corrected chi connectivity index (χ2v) is 7.37. The maximum Gasteiger partial charge on any atom is 0.247 e. The summed E-state index contributed by atoms with van der Waals surface area (Å²) in [6.07, 6.45) is 13.3. The number of nitrogens with one attached hydrogen (secondary N) is 2. The second kappa shape index (κ2) is 12.5. The average molecular weight is 441 g/mol. The summed E-state index contributed by atoms with van der Waals surface area (Å²) in [5, 5.41) is 17.7. The molecule has 0 bridgehead atoms. The molecule has 4 rings (SSSR count). The Hall–Kier alpha value is -3.40. The van der Waals surface area contributed by atoms with Crippen LogP contribution in [0.15, 0.2) is 23.5 Å². The van der Waals surface area contributed by atoms with Gasteiger partial charge in [0.25, 0.3) is 0 Å². The zero-order chi connectivity index (χ0) is 23.5. The van der Waals surface area contributed by atoms with Crippen LogP contribution in [0.4, 0.5) is 11.6 Å². The van der Waals surface area contributed by atoms with Gasteiger partial charge in [0, 0.05) is 25.9 Å². The highest BCUT2D eigenvalue weighted by atomic mass is 16.2. The van der Waals surface area contributed by atoms with Gasteiger partial charge < -0.3 is 16.2 Å². The third-order valence-corrected chi connectivity index (χ3v) is 5.19. The van der Waals surface area contributed by atoms with Crippen LogP contribution in [-0.2, 0) is 4.79 Å². The van der Waals surface area contributed by atoms with Gasteiger partial charge in [0.05, 0.1) is 24.8 Å². The van der Waals surface area contributed by atoms with Crippen LogP contribution in [0.3, 0.4) is 0 Å². The van der Waals surface area contributed by atoms with Crippen LogP contribution < -0.4 is 16.0 Å². The number of aliphatic hydroxyl groups is 1. The predicted molar refractivity (Wildman–Crippen MR) is 127 cm³/mol. The number of aliphatic imine (C=N–C) groups is 1. The number of nitrogens with zero attached hydrogens (tertiary/aromatic N) is 5. The fourth-order valence-electron chi connectivity index (χ4n) is 3.42. The topological polar surface area (TPSA) is 153 Å². The number of amidine groups is 1. The predicted octanol–water partition coefficient (Wildman–Crippen LogP) is 2.50. The summed E-state index contributed by atoms with van der Waals surface area (Å²) in [7, 11) is 2.67. The molecule has 1 aliphatic heterocycles. The first kappa shape index (κ1) is 24.9. The molecule has 2 aliphatic rings. The summed E-state index contributed by atoms with van der Waals surface area (Å²) < 4.78 is 0. The molecule has 2 aromatic heterocycles. The van der Waals surface area contributed by atoms with E-state index in [1.165, 1.54) is 43.4 Å². The Balaban J connectivity index is 0.000000387. The van der Waals surface area contributed by atoms with Gasteiger partial charge in [0.1, 0.15) is 5.69 Å². The van der Waals surface area contributed by atoms with Crippen molar-refractivity contribution in [2.45, 2.75) is 45.4 Å². The Bertz CT molecular complexity index is 945. The van der Waals surface area contributed by atoms with E-state index in [1.807, 2.05) is 6.92 Å². The summed E-state index contributed by atoms with van der Waals surface area (Å²) in [5.41, 5.74) is 7.85. The molecular weight excluding hydrogens is 408 g/mol. The van der Waals surface area contributed by atoms with Gasteiger partial charge in [-0.15, -0.1) is 0 Å². The van der Waals surface area contributed by atoms with E-state index in [1.54, 1.807) is 25.5 Å². The molecule has 172 valence electrons. The Morgan fingerprint density at radius 2 is 1.81 bits per heavy atom. The van der Waals surface area contributed by atoms with E-state index < -0.39 is 0 Å². The SMILES string of the molecule is C1CCCCC1.CO.Cc1cc(C(=N)N=CN)ncc1-c1cnc2c(n1)N(C)C(=O)CN2. The number of rotatable bonds is 2. The van der Waals surface area contributed by atoms with Gasteiger partial charge >= 0.3 is 0 Å². The van der Waals surface area contributed by atoms with E-state index in [0.29, 0.717) is 23.0 Å². The number of aryl methyl sites for hydroxylation is 1. The normalized spacial score (nSPS) is 15.0. The molecule has 1 fully saturated rings. The molecule has 1 saturated carbocycles. The molecule has 1 aliphatic carbocycles. The highest BCUT2D eigenvalue weighted by molar-refractivity contribution is 6.01. The van der Waals surface area contributed by atoms with E-state index in [-0.39, 0.29) is 18.3 Å². The third kappa shape index (κ3) is 6.30. The zero-order valence-corrected chi connectivity index (χ0v) is 18.9. The van der Waals surface area contributed by atoms with Crippen molar-refractivity contribution in [3.63, 3.8) is 0 Å². The fraction of sp³-hybridized carbons (Fsp3) is 0.455. The number of aliphatic hydroxyl groups excluding tert-OH is 1. The van der Waals surface area contributed by atoms with Gasteiger partial charge in [-0.3, -0.25) is 20.1 Å². The zero-order valence-electron chi connectivity index (χ0n) is 18.9. The Morgan fingerprint density at radius 3 is 2.38 bits per heavy atom. The number of likely N-dealkylation sites (N-methyl/N-ethyl adjacent to an activating group) is 1. The lowest BCUT2D eigenvalue weighted by molar-refractivity contribution is -0.116. The lowest BCUT2D eigenvalue weighted by atomic mass is 10.0. The number of carbonyl (C=O) groups excluding carboxylic acids is 1. The highest BCUT2D eigenvalue weighted by Crippen LogP contribution is 2.28. The van der Waals surface area contributed by atoms with Crippen LogP contribution in [0, 0.1) is 12.3 Å². The summed E-state index contributed by atoms with van der Waals surface area (Å²) in [4.78, 5) is 30.1. The summed E-state index contributed by atoms with van der Waals surface area (Å²) in [6, 6.07) is 1.74. The molecule has 0 atom stereocenters. The van der Waals surface area contributed by atoms with Crippen LogP contribution in [0.1, 0.15) is 49.8 Å². The quantitative estimate of drug-likeness (QED) is 0.413. The van der Waals surface area contributed by atoms with E-state index >= 15 is 0 Å². The van der Waals surface area contributed by atoms with Crippen molar-refractivity contribution in [2.75, 3.05) is 30.9 Å². The van der Waals surface area contributed by atoms with Crippen LogP contribution >= 0.6 is 0 Å². The first-order valence-corrected chi connectivity index (χ1v) is 10.6. The number of fused-ring (bicyclic) bond motifs is 1. The highest BCUT2D eigenvalue weighted by Gasteiger charge is 2.23. The van der Waals surface area contributed by atoms with Gasteiger partial charge in [-0.05, 0) is 18.6 Å². The third-order valence-electron chi connectivity index (χ3n) is 5.19. The summed E-state index contributed by atoms with van der Waals surface area (Å²) in [5.74, 6) is 0.959. The number of nitrogens with two attached hydrogens (primary N) is 1. The maximum atomic E-state index is 11.8. The number of carbonyl (C=O) groups is 1.